The van der Waals surface area contributed by atoms with Crippen LogP contribution in [-0.2, 0) is 11.2 Å². The predicted molar refractivity (Wildman–Crippen MR) is 117 cm³/mol. The van der Waals surface area contributed by atoms with Crippen LogP contribution in [0.3, 0.4) is 0 Å². The van der Waals surface area contributed by atoms with Gasteiger partial charge in [0.05, 0.1) is 29.2 Å². The third-order valence-corrected chi connectivity index (χ3v) is 5.35. The van der Waals surface area contributed by atoms with Crippen LogP contribution in [0.4, 0.5) is 0 Å². The van der Waals surface area contributed by atoms with Crippen molar-refractivity contribution in [3.8, 4) is 0 Å². The highest BCUT2D eigenvalue weighted by Crippen LogP contribution is 2.34. The Bertz CT molecular complexity index is 1220. The summed E-state index contributed by atoms with van der Waals surface area (Å²) in [7, 11) is 0. The first-order valence-corrected chi connectivity index (χ1v) is 9.97. The maximum Gasteiger partial charge on any atom is 0.247 e. The van der Waals surface area contributed by atoms with Gasteiger partial charge in [-0.15, -0.1) is 0 Å². The summed E-state index contributed by atoms with van der Waals surface area (Å²) >= 11 is 0. The van der Waals surface area contributed by atoms with Crippen LogP contribution in [0.1, 0.15) is 29.2 Å². The molecule has 3 aromatic carbocycles. The van der Waals surface area contributed by atoms with Crippen molar-refractivity contribution in [3.63, 3.8) is 0 Å². The second kappa shape index (κ2) is 7.87. The summed E-state index contributed by atoms with van der Waals surface area (Å²) in [6.07, 6.45) is 4.35. The van der Waals surface area contributed by atoms with Gasteiger partial charge < -0.3 is 0 Å². The molecule has 0 radical (unpaired) electrons. The largest absolute Gasteiger partial charge is 0.273 e. The Morgan fingerprint density at radius 3 is 2.33 bits per heavy atom. The van der Waals surface area contributed by atoms with Crippen LogP contribution in [0.15, 0.2) is 96.4 Å². The summed E-state index contributed by atoms with van der Waals surface area (Å²) in [5, 5.41) is 6.40. The van der Waals surface area contributed by atoms with Gasteiger partial charge in [-0.3, -0.25) is 14.8 Å². The van der Waals surface area contributed by atoms with E-state index in [0.29, 0.717) is 12.8 Å². The van der Waals surface area contributed by atoms with E-state index >= 15 is 0 Å². The molecule has 2 heterocycles. The lowest BCUT2D eigenvalue weighted by atomic mass is 9.97. The van der Waals surface area contributed by atoms with E-state index in [1.54, 1.807) is 17.4 Å². The highest BCUT2D eigenvalue weighted by Gasteiger charge is 2.33. The molecule has 1 atom stereocenters. The molecule has 5 heteroatoms. The molecule has 1 aliphatic heterocycles. The molecule has 1 aromatic heterocycles. The van der Waals surface area contributed by atoms with Crippen molar-refractivity contribution < 1.29 is 4.79 Å². The number of hydrogen-bond donors (Lipinski definition) is 0. The molecule has 0 aliphatic carbocycles. The number of carbonyl (C=O) groups excluding carboxylic acids is 1. The molecule has 5 nitrogen and oxygen atoms in total. The number of carbonyl (C=O) groups is 1. The van der Waals surface area contributed by atoms with Gasteiger partial charge in [0.15, 0.2) is 0 Å². The molecule has 1 unspecified atom stereocenters. The number of nitrogens with zero attached hydrogens (tertiary/aromatic N) is 4. The Labute approximate surface area is 174 Å². The Morgan fingerprint density at radius 2 is 1.57 bits per heavy atom. The zero-order valence-corrected chi connectivity index (χ0v) is 16.3. The lowest BCUT2D eigenvalue weighted by Gasteiger charge is -2.22. The SMILES string of the molecule is O=C(Cc1ccccc1)N1N=C(c2ccccc2)CC1c1ccc2nccnc2c1. The molecule has 30 heavy (non-hydrogen) atoms. The van der Waals surface area contributed by atoms with Gasteiger partial charge >= 0.3 is 0 Å². The predicted octanol–water partition coefficient (Wildman–Crippen LogP) is 4.55. The third-order valence-electron chi connectivity index (χ3n) is 5.35. The van der Waals surface area contributed by atoms with Crippen LogP contribution < -0.4 is 0 Å². The molecule has 1 aliphatic rings. The second-order valence-electron chi connectivity index (χ2n) is 7.34. The van der Waals surface area contributed by atoms with Crippen molar-refractivity contribution in [1.29, 1.82) is 0 Å². The second-order valence-corrected chi connectivity index (χ2v) is 7.34. The number of rotatable bonds is 4. The summed E-state index contributed by atoms with van der Waals surface area (Å²) in [5.74, 6) is -0.0172. The Hall–Kier alpha value is -3.86. The van der Waals surface area contributed by atoms with E-state index in [1.807, 2.05) is 78.9 Å². The molecule has 0 bridgehead atoms. The third kappa shape index (κ3) is 3.57. The molecule has 0 spiro atoms. The van der Waals surface area contributed by atoms with Crippen molar-refractivity contribution in [2.75, 3.05) is 0 Å². The van der Waals surface area contributed by atoms with E-state index in [9.17, 15) is 4.79 Å². The Kier molecular flexibility index (Phi) is 4.77. The molecule has 0 saturated heterocycles. The highest BCUT2D eigenvalue weighted by molar-refractivity contribution is 6.03. The van der Waals surface area contributed by atoms with Gasteiger partial charge in [-0.1, -0.05) is 66.7 Å². The first kappa shape index (κ1) is 18.2. The van der Waals surface area contributed by atoms with Gasteiger partial charge in [-0.2, -0.15) is 5.10 Å². The van der Waals surface area contributed by atoms with E-state index < -0.39 is 0 Å². The topological polar surface area (TPSA) is 58.5 Å². The number of hydrazone groups is 1. The number of aromatic nitrogens is 2. The quantitative estimate of drug-likeness (QED) is 0.512. The molecule has 0 N–H and O–H groups in total. The number of benzene rings is 3. The van der Waals surface area contributed by atoms with Gasteiger partial charge in [0.2, 0.25) is 5.91 Å². The molecule has 5 rings (SSSR count). The minimum absolute atomic E-state index is 0.0172. The van der Waals surface area contributed by atoms with E-state index in [4.69, 9.17) is 5.10 Å². The smallest absolute Gasteiger partial charge is 0.247 e. The first-order valence-electron chi connectivity index (χ1n) is 9.97. The number of amides is 1. The minimum Gasteiger partial charge on any atom is -0.273 e. The lowest BCUT2D eigenvalue weighted by molar-refractivity contribution is -0.132. The van der Waals surface area contributed by atoms with Crippen molar-refractivity contribution in [3.05, 3.63) is 108 Å². The number of fused-ring (bicyclic) bond motifs is 1. The zero-order valence-electron chi connectivity index (χ0n) is 16.3. The molecular weight excluding hydrogens is 372 g/mol. The zero-order chi connectivity index (χ0) is 20.3. The first-order chi connectivity index (χ1) is 14.8. The van der Waals surface area contributed by atoms with E-state index in [-0.39, 0.29) is 11.9 Å². The maximum atomic E-state index is 13.2. The average molecular weight is 392 g/mol. The summed E-state index contributed by atoms with van der Waals surface area (Å²) in [4.78, 5) is 22.0. The highest BCUT2D eigenvalue weighted by atomic mass is 16.2. The lowest BCUT2D eigenvalue weighted by Crippen LogP contribution is -2.28. The van der Waals surface area contributed by atoms with Gasteiger partial charge in [0.25, 0.3) is 0 Å². The molecule has 146 valence electrons. The normalized spacial score (nSPS) is 15.9. The minimum atomic E-state index is -0.164. The summed E-state index contributed by atoms with van der Waals surface area (Å²) in [6.45, 7) is 0. The fourth-order valence-corrected chi connectivity index (χ4v) is 3.84. The summed E-state index contributed by atoms with van der Waals surface area (Å²) < 4.78 is 0. The van der Waals surface area contributed by atoms with Crippen LogP contribution >= 0.6 is 0 Å². The summed E-state index contributed by atoms with van der Waals surface area (Å²) in [5.41, 5.74) is 5.61. The Balaban J connectivity index is 1.51. The van der Waals surface area contributed by atoms with E-state index in [2.05, 4.69) is 9.97 Å². The van der Waals surface area contributed by atoms with Crippen LogP contribution in [-0.4, -0.2) is 26.6 Å². The van der Waals surface area contributed by atoms with Gasteiger partial charge in [-0.05, 0) is 28.8 Å². The van der Waals surface area contributed by atoms with Crippen molar-refractivity contribution in [1.82, 2.24) is 15.0 Å². The van der Waals surface area contributed by atoms with Crippen molar-refractivity contribution in [2.45, 2.75) is 18.9 Å². The molecule has 4 aromatic rings. The van der Waals surface area contributed by atoms with E-state index in [0.717, 1.165) is 33.4 Å². The summed E-state index contributed by atoms with van der Waals surface area (Å²) in [6, 6.07) is 25.7. The standard InChI is InChI=1S/C25H20N4O/c30-25(15-18-7-3-1-4-8-18)29-24(17-22(28-29)19-9-5-2-6-10-19)20-11-12-21-23(16-20)27-14-13-26-21/h1-14,16,24H,15,17H2. The molecular formula is C25H20N4O. The Morgan fingerprint density at radius 1 is 0.867 bits per heavy atom. The molecule has 1 amide bonds. The van der Waals surface area contributed by atoms with E-state index in [1.165, 1.54) is 0 Å². The van der Waals surface area contributed by atoms with Gasteiger partial charge in [-0.25, -0.2) is 5.01 Å². The monoisotopic (exact) mass is 392 g/mol. The number of hydrogen-bond acceptors (Lipinski definition) is 4. The van der Waals surface area contributed by atoms with Gasteiger partial charge in [0.1, 0.15) is 0 Å². The average Bonchev–Trinajstić information content (AvgIpc) is 3.26. The van der Waals surface area contributed by atoms with Crippen LogP contribution in [0.5, 0.6) is 0 Å². The van der Waals surface area contributed by atoms with Crippen LogP contribution in [0, 0.1) is 0 Å². The fourth-order valence-electron chi connectivity index (χ4n) is 3.84. The van der Waals surface area contributed by atoms with Crippen LogP contribution in [0.2, 0.25) is 0 Å². The maximum absolute atomic E-state index is 13.2. The van der Waals surface area contributed by atoms with Crippen molar-refractivity contribution in [2.24, 2.45) is 5.10 Å². The molecule has 0 saturated carbocycles. The van der Waals surface area contributed by atoms with Crippen molar-refractivity contribution >= 4 is 22.7 Å². The fraction of sp³-hybridized carbons (Fsp3) is 0.120. The molecule has 0 fully saturated rings. The van der Waals surface area contributed by atoms with Crippen LogP contribution in [0.25, 0.3) is 11.0 Å². The van der Waals surface area contributed by atoms with Gasteiger partial charge in [0, 0.05) is 18.8 Å².